The molecular weight excluding hydrogens is 204 g/mol. The molecule has 0 aromatic rings. The van der Waals surface area contributed by atoms with Crippen LogP contribution >= 0.6 is 0 Å². The molecule has 7 nitrogen and oxygen atoms in total. The van der Waals surface area contributed by atoms with Crippen LogP contribution in [-0.4, -0.2) is 31.6 Å². The van der Waals surface area contributed by atoms with E-state index in [-0.39, 0.29) is 18.1 Å². The number of methoxy groups -OCH3 is 1. The van der Waals surface area contributed by atoms with Crippen LogP contribution in [0.1, 0.15) is 6.92 Å². The quantitative estimate of drug-likeness (QED) is 0.279. The molecule has 0 spiro atoms. The van der Waals surface area contributed by atoms with Gasteiger partial charge in [0, 0.05) is 0 Å². The van der Waals surface area contributed by atoms with Crippen LogP contribution in [0.2, 0.25) is 0 Å². The molecule has 0 aliphatic carbocycles. The second-order valence-corrected chi connectivity index (χ2v) is 2.54. The standard InChI is InChI=1S/C8H10N2O5/c1-3-15-7(12)5(14-2)4-6(11)10-8(13)9-4/h3H2,1-2H3,(H2,9,10,11,13)/b5-4-. The minimum atomic E-state index is -0.799. The fourth-order valence-corrected chi connectivity index (χ4v) is 1.01. The van der Waals surface area contributed by atoms with Crippen molar-refractivity contribution in [3.8, 4) is 0 Å². The summed E-state index contributed by atoms with van der Waals surface area (Å²) in [5, 5.41) is 4.09. The number of rotatable bonds is 3. The maximum absolute atomic E-state index is 11.3. The van der Waals surface area contributed by atoms with Crippen LogP contribution in [0.15, 0.2) is 11.5 Å². The number of nitrogens with one attached hydrogen (secondary N) is 2. The molecule has 0 aromatic carbocycles. The largest absolute Gasteiger partial charge is 0.488 e. The van der Waals surface area contributed by atoms with Gasteiger partial charge in [-0.15, -0.1) is 0 Å². The van der Waals surface area contributed by atoms with E-state index >= 15 is 0 Å². The lowest BCUT2D eigenvalue weighted by Gasteiger charge is -2.06. The van der Waals surface area contributed by atoms with E-state index in [4.69, 9.17) is 4.74 Å². The normalized spacial score (nSPS) is 18.0. The SMILES string of the molecule is CCOC(=O)/C(OC)=C1/NC(=O)NC1=O. The number of urea groups is 1. The molecular formula is C8H10N2O5. The summed E-state index contributed by atoms with van der Waals surface area (Å²) in [5.74, 6) is -1.84. The monoisotopic (exact) mass is 214 g/mol. The van der Waals surface area contributed by atoms with Gasteiger partial charge in [-0.1, -0.05) is 0 Å². The van der Waals surface area contributed by atoms with Crippen LogP contribution in [0.5, 0.6) is 0 Å². The smallest absolute Gasteiger partial charge is 0.376 e. The van der Waals surface area contributed by atoms with E-state index < -0.39 is 17.9 Å². The van der Waals surface area contributed by atoms with Crippen molar-refractivity contribution in [2.75, 3.05) is 13.7 Å². The predicted molar refractivity (Wildman–Crippen MR) is 47.3 cm³/mol. The molecule has 0 atom stereocenters. The van der Waals surface area contributed by atoms with E-state index in [0.29, 0.717) is 0 Å². The first-order valence-electron chi connectivity index (χ1n) is 4.17. The van der Waals surface area contributed by atoms with Gasteiger partial charge >= 0.3 is 12.0 Å². The highest BCUT2D eigenvalue weighted by molar-refractivity contribution is 6.14. The molecule has 1 aliphatic rings. The van der Waals surface area contributed by atoms with Gasteiger partial charge in [0.1, 0.15) is 0 Å². The van der Waals surface area contributed by atoms with Gasteiger partial charge in [-0.3, -0.25) is 15.4 Å². The zero-order valence-electron chi connectivity index (χ0n) is 8.25. The Balaban J connectivity index is 2.98. The summed E-state index contributed by atoms with van der Waals surface area (Å²) in [5.41, 5.74) is -0.235. The van der Waals surface area contributed by atoms with Crippen LogP contribution in [-0.2, 0) is 19.1 Å². The number of esters is 1. The predicted octanol–water partition coefficient (Wildman–Crippen LogP) is -0.753. The highest BCUT2D eigenvalue weighted by Gasteiger charge is 2.31. The molecule has 1 fully saturated rings. The van der Waals surface area contributed by atoms with E-state index in [1.54, 1.807) is 6.92 Å². The molecule has 0 bridgehead atoms. The Bertz CT molecular complexity index is 347. The van der Waals surface area contributed by atoms with Gasteiger partial charge in [0.2, 0.25) is 5.76 Å². The molecule has 3 amide bonds. The Kier molecular flexibility index (Phi) is 3.27. The Labute approximate surface area is 85.4 Å². The maximum Gasteiger partial charge on any atom is 0.376 e. The minimum absolute atomic E-state index is 0.147. The van der Waals surface area contributed by atoms with Crippen molar-refractivity contribution in [3.05, 3.63) is 11.5 Å². The van der Waals surface area contributed by atoms with Gasteiger partial charge in [-0.25, -0.2) is 9.59 Å². The van der Waals surface area contributed by atoms with Gasteiger partial charge in [0.05, 0.1) is 13.7 Å². The second kappa shape index (κ2) is 4.45. The zero-order chi connectivity index (χ0) is 11.4. The van der Waals surface area contributed by atoms with Crippen molar-refractivity contribution in [2.45, 2.75) is 6.92 Å². The molecule has 82 valence electrons. The number of hydrogen-bond donors (Lipinski definition) is 2. The molecule has 1 saturated heterocycles. The van der Waals surface area contributed by atoms with Crippen LogP contribution in [0, 0.1) is 0 Å². The third-order valence-corrected chi connectivity index (χ3v) is 1.58. The topological polar surface area (TPSA) is 93.7 Å². The van der Waals surface area contributed by atoms with E-state index in [1.807, 2.05) is 5.32 Å². The Morgan fingerprint density at radius 1 is 1.33 bits per heavy atom. The molecule has 0 radical (unpaired) electrons. The summed E-state index contributed by atoms with van der Waals surface area (Å²) in [6.45, 7) is 1.76. The number of amides is 3. The first-order valence-corrected chi connectivity index (χ1v) is 4.17. The van der Waals surface area contributed by atoms with Gasteiger partial charge in [0.25, 0.3) is 5.91 Å². The lowest BCUT2D eigenvalue weighted by atomic mass is 10.3. The van der Waals surface area contributed by atoms with E-state index in [9.17, 15) is 14.4 Å². The fourth-order valence-electron chi connectivity index (χ4n) is 1.01. The van der Waals surface area contributed by atoms with Gasteiger partial charge in [0.15, 0.2) is 5.70 Å². The molecule has 1 rings (SSSR count). The molecule has 0 unspecified atom stereocenters. The summed E-state index contributed by atoms with van der Waals surface area (Å²) >= 11 is 0. The Morgan fingerprint density at radius 2 is 2.00 bits per heavy atom. The van der Waals surface area contributed by atoms with Crippen molar-refractivity contribution in [1.29, 1.82) is 0 Å². The van der Waals surface area contributed by atoms with Gasteiger partial charge < -0.3 is 9.47 Å². The summed E-state index contributed by atoms with van der Waals surface area (Å²) < 4.78 is 9.33. The number of carbonyl (C=O) groups excluding carboxylic acids is 3. The first-order chi connectivity index (χ1) is 7.10. The summed E-state index contributed by atoms with van der Waals surface area (Å²) in [7, 11) is 1.21. The molecule has 15 heavy (non-hydrogen) atoms. The zero-order valence-corrected chi connectivity index (χ0v) is 8.25. The van der Waals surface area contributed by atoms with Crippen LogP contribution in [0.3, 0.4) is 0 Å². The third kappa shape index (κ3) is 2.25. The van der Waals surface area contributed by atoms with Gasteiger partial charge in [-0.05, 0) is 6.92 Å². The highest BCUT2D eigenvalue weighted by Crippen LogP contribution is 2.09. The number of hydrogen-bond acceptors (Lipinski definition) is 5. The number of carbonyl (C=O) groups is 3. The Morgan fingerprint density at radius 3 is 2.40 bits per heavy atom. The van der Waals surface area contributed by atoms with Crippen molar-refractivity contribution in [3.63, 3.8) is 0 Å². The average Bonchev–Trinajstić information content (AvgIpc) is 2.47. The van der Waals surface area contributed by atoms with E-state index in [1.165, 1.54) is 7.11 Å². The number of ether oxygens (including phenoxy) is 2. The van der Waals surface area contributed by atoms with Crippen LogP contribution < -0.4 is 10.6 Å². The summed E-state index contributed by atoms with van der Waals surface area (Å²) in [6.07, 6.45) is 0. The van der Waals surface area contributed by atoms with Crippen molar-refractivity contribution in [2.24, 2.45) is 0 Å². The van der Waals surface area contributed by atoms with Crippen molar-refractivity contribution >= 4 is 17.9 Å². The Hall–Kier alpha value is -2.05. The van der Waals surface area contributed by atoms with Crippen LogP contribution in [0.4, 0.5) is 4.79 Å². The molecule has 7 heteroatoms. The molecule has 0 aromatic heterocycles. The van der Waals surface area contributed by atoms with E-state index in [2.05, 4.69) is 10.1 Å². The first kappa shape index (κ1) is 11.0. The number of imide groups is 1. The fraction of sp³-hybridized carbons (Fsp3) is 0.375. The summed E-state index contributed by atoms with van der Waals surface area (Å²) in [6, 6.07) is -0.700. The highest BCUT2D eigenvalue weighted by atomic mass is 16.6. The van der Waals surface area contributed by atoms with Crippen molar-refractivity contribution in [1.82, 2.24) is 10.6 Å². The van der Waals surface area contributed by atoms with Gasteiger partial charge in [-0.2, -0.15) is 0 Å². The lowest BCUT2D eigenvalue weighted by molar-refractivity contribution is -0.142. The molecule has 1 aliphatic heterocycles. The van der Waals surface area contributed by atoms with Crippen molar-refractivity contribution < 1.29 is 23.9 Å². The molecule has 2 N–H and O–H groups in total. The third-order valence-electron chi connectivity index (χ3n) is 1.58. The lowest BCUT2D eigenvalue weighted by Crippen LogP contribution is -2.22. The summed E-state index contributed by atoms with van der Waals surface area (Å²) in [4.78, 5) is 33.2. The minimum Gasteiger partial charge on any atom is -0.488 e. The molecule has 0 saturated carbocycles. The van der Waals surface area contributed by atoms with E-state index in [0.717, 1.165) is 0 Å². The second-order valence-electron chi connectivity index (χ2n) is 2.54. The average molecular weight is 214 g/mol. The van der Waals surface area contributed by atoms with Crippen LogP contribution in [0.25, 0.3) is 0 Å². The molecule has 1 heterocycles. The maximum atomic E-state index is 11.3.